The Balaban J connectivity index is 1.88. The van der Waals surface area contributed by atoms with Gasteiger partial charge in [-0.3, -0.25) is 14.3 Å². The summed E-state index contributed by atoms with van der Waals surface area (Å²) in [4.78, 5) is 11.3. The van der Waals surface area contributed by atoms with E-state index >= 15 is 0 Å². The van der Waals surface area contributed by atoms with E-state index in [9.17, 15) is 13.2 Å². The quantitative estimate of drug-likeness (QED) is 0.474. The van der Waals surface area contributed by atoms with Crippen LogP contribution in [0.1, 0.15) is 11.1 Å². The lowest BCUT2D eigenvalue weighted by atomic mass is 10.1. The van der Waals surface area contributed by atoms with Gasteiger partial charge in [-0.15, -0.1) is 0 Å². The highest BCUT2D eigenvalue weighted by Crippen LogP contribution is 2.34. The minimum Gasteiger partial charge on any atom is -0.497 e. The van der Waals surface area contributed by atoms with Crippen molar-refractivity contribution >= 4 is 27.7 Å². The lowest BCUT2D eigenvalue weighted by Crippen LogP contribution is -2.29. The molecule has 0 radical (unpaired) electrons. The molecule has 2 N–H and O–H groups in total. The van der Waals surface area contributed by atoms with E-state index in [0.717, 1.165) is 11.1 Å². The van der Waals surface area contributed by atoms with Crippen LogP contribution >= 0.6 is 0 Å². The number of hydroxylamine groups is 1. The van der Waals surface area contributed by atoms with E-state index in [1.54, 1.807) is 30.3 Å². The standard InChI is InChI=1S/C18H18N2O5S/c1-25-15-4-6-16(7-5-15)26(23,24)20-11-10-14-12-13(2-8-17(14)20)3-9-18(21)19-22/h2-9,12,22H,10-11H2,1H3,(H,19,21)/b9-3+. The van der Waals surface area contributed by atoms with Crippen molar-refractivity contribution in [3.8, 4) is 5.75 Å². The molecule has 26 heavy (non-hydrogen) atoms. The number of amides is 1. The van der Waals surface area contributed by atoms with Gasteiger partial charge in [-0.2, -0.15) is 0 Å². The molecule has 0 spiro atoms. The zero-order valence-corrected chi connectivity index (χ0v) is 14.9. The van der Waals surface area contributed by atoms with Gasteiger partial charge < -0.3 is 4.74 Å². The highest BCUT2D eigenvalue weighted by molar-refractivity contribution is 7.92. The van der Waals surface area contributed by atoms with Crippen LogP contribution in [-0.2, 0) is 21.2 Å². The van der Waals surface area contributed by atoms with E-state index in [1.807, 2.05) is 6.07 Å². The second-order valence-corrected chi connectivity index (χ2v) is 7.56. The Kier molecular flexibility index (Phi) is 4.97. The number of fused-ring (bicyclic) bond motifs is 1. The second kappa shape index (κ2) is 7.19. The first-order chi connectivity index (χ1) is 12.5. The van der Waals surface area contributed by atoms with Gasteiger partial charge in [0.15, 0.2) is 0 Å². The molecule has 0 saturated carbocycles. The zero-order chi connectivity index (χ0) is 18.7. The van der Waals surface area contributed by atoms with Gasteiger partial charge in [0.05, 0.1) is 17.7 Å². The van der Waals surface area contributed by atoms with Crippen molar-refractivity contribution in [1.82, 2.24) is 5.48 Å². The number of ether oxygens (including phenoxy) is 1. The van der Waals surface area contributed by atoms with Gasteiger partial charge in [0.25, 0.3) is 15.9 Å². The molecule has 8 heteroatoms. The van der Waals surface area contributed by atoms with Gasteiger partial charge in [-0.25, -0.2) is 13.9 Å². The number of anilines is 1. The second-order valence-electron chi connectivity index (χ2n) is 5.70. The van der Waals surface area contributed by atoms with Crippen LogP contribution in [0, 0.1) is 0 Å². The molecule has 2 aromatic rings. The molecule has 2 aromatic carbocycles. The fourth-order valence-electron chi connectivity index (χ4n) is 2.83. The molecule has 136 valence electrons. The molecule has 1 heterocycles. The molecule has 7 nitrogen and oxygen atoms in total. The predicted molar refractivity (Wildman–Crippen MR) is 96.6 cm³/mol. The summed E-state index contributed by atoms with van der Waals surface area (Å²) in [5.41, 5.74) is 3.78. The summed E-state index contributed by atoms with van der Waals surface area (Å²) in [5, 5.41) is 8.50. The van der Waals surface area contributed by atoms with Crippen molar-refractivity contribution in [2.24, 2.45) is 0 Å². The third kappa shape index (κ3) is 3.42. The molecule has 1 aliphatic rings. The van der Waals surface area contributed by atoms with Gasteiger partial charge in [0, 0.05) is 12.6 Å². The number of benzene rings is 2. The van der Waals surface area contributed by atoms with Gasteiger partial charge in [0.1, 0.15) is 5.75 Å². The van der Waals surface area contributed by atoms with Crippen LogP contribution < -0.4 is 14.5 Å². The molecule has 0 unspecified atom stereocenters. The molecule has 0 aliphatic carbocycles. The molecule has 0 saturated heterocycles. The molecular weight excluding hydrogens is 356 g/mol. The Morgan fingerprint density at radius 3 is 2.62 bits per heavy atom. The van der Waals surface area contributed by atoms with Crippen LogP contribution in [0.15, 0.2) is 53.4 Å². The van der Waals surface area contributed by atoms with Crippen molar-refractivity contribution in [1.29, 1.82) is 0 Å². The van der Waals surface area contributed by atoms with E-state index in [0.29, 0.717) is 24.4 Å². The third-order valence-corrected chi connectivity index (χ3v) is 5.97. The summed E-state index contributed by atoms with van der Waals surface area (Å²) >= 11 is 0. The van der Waals surface area contributed by atoms with Crippen LogP contribution in [0.2, 0.25) is 0 Å². The first-order valence-electron chi connectivity index (χ1n) is 7.87. The monoisotopic (exact) mass is 374 g/mol. The number of hydrogen-bond donors (Lipinski definition) is 2. The van der Waals surface area contributed by atoms with E-state index in [2.05, 4.69) is 0 Å². The Labute approximate surface area is 151 Å². The Hall–Kier alpha value is -2.84. The number of carbonyl (C=O) groups is 1. The molecule has 0 atom stereocenters. The van der Waals surface area contributed by atoms with Crippen LogP contribution in [0.3, 0.4) is 0 Å². The van der Waals surface area contributed by atoms with Crippen LogP contribution in [0.25, 0.3) is 6.08 Å². The maximum absolute atomic E-state index is 12.9. The fourth-order valence-corrected chi connectivity index (χ4v) is 4.33. The maximum atomic E-state index is 12.9. The van der Waals surface area contributed by atoms with Gasteiger partial charge in [-0.05, 0) is 60.0 Å². The van der Waals surface area contributed by atoms with Crippen molar-refractivity contribution in [3.63, 3.8) is 0 Å². The third-order valence-electron chi connectivity index (χ3n) is 4.14. The maximum Gasteiger partial charge on any atom is 0.267 e. The highest BCUT2D eigenvalue weighted by atomic mass is 32.2. The summed E-state index contributed by atoms with van der Waals surface area (Å²) in [5.74, 6) is -0.0386. The number of nitrogens with one attached hydrogen (secondary N) is 1. The van der Waals surface area contributed by atoms with Crippen LogP contribution in [0.4, 0.5) is 5.69 Å². The molecule has 0 bridgehead atoms. The average Bonchev–Trinajstić information content (AvgIpc) is 3.10. The molecule has 1 amide bonds. The number of methoxy groups -OCH3 is 1. The Morgan fingerprint density at radius 2 is 1.96 bits per heavy atom. The fraction of sp³-hybridized carbons (Fsp3) is 0.167. The summed E-state index contributed by atoms with van der Waals surface area (Å²) in [6.45, 7) is 0.355. The number of nitrogens with zero attached hydrogens (tertiary/aromatic N) is 1. The number of carbonyl (C=O) groups excluding carboxylic acids is 1. The molecule has 3 rings (SSSR count). The van der Waals surface area contributed by atoms with E-state index in [-0.39, 0.29) is 4.90 Å². The lowest BCUT2D eigenvalue weighted by molar-refractivity contribution is -0.124. The summed E-state index contributed by atoms with van der Waals surface area (Å²) in [6.07, 6.45) is 3.33. The van der Waals surface area contributed by atoms with Crippen LogP contribution in [-0.4, -0.2) is 33.2 Å². The molecule has 0 fully saturated rings. The van der Waals surface area contributed by atoms with Crippen LogP contribution in [0.5, 0.6) is 5.75 Å². The molecule has 0 aromatic heterocycles. The number of sulfonamides is 1. The SMILES string of the molecule is COc1ccc(S(=O)(=O)N2CCc3cc(/C=C/C(=O)NO)ccc32)cc1. The van der Waals surface area contributed by atoms with Gasteiger partial charge >= 0.3 is 0 Å². The van der Waals surface area contributed by atoms with Crippen molar-refractivity contribution < 1.29 is 23.2 Å². The van der Waals surface area contributed by atoms with Gasteiger partial charge in [-0.1, -0.05) is 6.07 Å². The van der Waals surface area contributed by atoms with E-state index in [4.69, 9.17) is 9.94 Å². The minimum atomic E-state index is -3.66. The molecular formula is C18H18N2O5S. The van der Waals surface area contributed by atoms with Crippen molar-refractivity contribution in [2.45, 2.75) is 11.3 Å². The lowest BCUT2D eigenvalue weighted by Gasteiger charge is -2.19. The van der Waals surface area contributed by atoms with Crippen molar-refractivity contribution in [2.75, 3.05) is 18.0 Å². The average molecular weight is 374 g/mol. The normalized spacial score (nSPS) is 13.7. The number of hydrogen-bond acceptors (Lipinski definition) is 5. The van der Waals surface area contributed by atoms with E-state index < -0.39 is 15.9 Å². The first kappa shape index (κ1) is 18.0. The number of rotatable bonds is 5. The summed E-state index contributed by atoms with van der Waals surface area (Å²) in [7, 11) is -2.13. The van der Waals surface area contributed by atoms with E-state index in [1.165, 1.54) is 35.1 Å². The Morgan fingerprint density at radius 1 is 1.23 bits per heavy atom. The first-order valence-corrected chi connectivity index (χ1v) is 9.31. The molecule has 1 aliphatic heterocycles. The smallest absolute Gasteiger partial charge is 0.267 e. The summed E-state index contributed by atoms with van der Waals surface area (Å²) in [6, 6.07) is 11.6. The topological polar surface area (TPSA) is 95.9 Å². The Bertz CT molecular complexity index is 952. The van der Waals surface area contributed by atoms with Gasteiger partial charge in [0.2, 0.25) is 0 Å². The summed E-state index contributed by atoms with van der Waals surface area (Å²) < 4.78 is 32.3. The minimum absolute atomic E-state index is 0.203. The largest absolute Gasteiger partial charge is 0.497 e. The zero-order valence-electron chi connectivity index (χ0n) is 14.0. The van der Waals surface area contributed by atoms with Crippen molar-refractivity contribution in [3.05, 3.63) is 59.7 Å². The predicted octanol–water partition coefficient (Wildman–Crippen LogP) is 1.97. The highest BCUT2D eigenvalue weighted by Gasteiger charge is 2.30.